The van der Waals surface area contributed by atoms with Gasteiger partial charge < -0.3 is 4.90 Å². The summed E-state index contributed by atoms with van der Waals surface area (Å²) in [6, 6.07) is 10.4. The van der Waals surface area contributed by atoms with Gasteiger partial charge in [0.05, 0.1) is 11.6 Å². The number of nitriles is 1. The van der Waals surface area contributed by atoms with E-state index in [1.54, 1.807) is 11.9 Å². The van der Waals surface area contributed by atoms with Crippen LogP contribution in [0.25, 0.3) is 0 Å². The van der Waals surface area contributed by atoms with Crippen LogP contribution in [0.2, 0.25) is 0 Å². The lowest BCUT2D eigenvalue weighted by Crippen LogP contribution is -2.41. The highest BCUT2D eigenvalue weighted by Gasteiger charge is 2.38. The Morgan fingerprint density at radius 1 is 1.18 bits per heavy atom. The summed E-state index contributed by atoms with van der Waals surface area (Å²) in [5.41, 5.74) is 2.12. The first-order chi connectivity index (χ1) is 13.4. The molecular weight excluding hydrogens is 346 g/mol. The molecule has 0 unspecified atom stereocenters. The second-order valence-corrected chi connectivity index (χ2v) is 9.08. The van der Waals surface area contributed by atoms with E-state index in [2.05, 4.69) is 25.1 Å². The Bertz CT molecular complexity index is 755. The summed E-state index contributed by atoms with van der Waals surface area (Å²) < 4.78 is 0. The van der Waals surface area contributed by atoms with Gasteiger partial charge in [-0.05, 0) is 73.5 Å². The molecule has 1 amide bonds. The molecule has 1 aliphatic heterocycles. The Kier molecular flexibility index (Phi) is 6.54. The van der Waals surface area contributed by atoms with Crippen molar-refractivity contribution in [3.8, 4) is 6.07 Å². The van der Waals surface area contributed by atoms with E-state index in [0.29, 0.717) is 30.5 Å². The molecule has 0 radical (unpaired) electrons. The average Bonchev–Trinajstić information content (AvgIpc) is 2.66. The SMILES string of the molecule is CN1C(=N)CCC[C@](C)(C2CCCC(c3cccc(C#N)c3)CCC2)CC1=O. The van der Waals surface area contributed by atoms with Crippen LogP contribution in [0.5, 0.6) is 0 Å². The highest BCUT2D eigenvalue weighted by Crippen LogP contribution is 2.46. The van der Waals surface area contributed by atoms with Gasteiger partial charge in [-0.3, -0.25) is 10.2 Å². The minimum atomic E-state index is 0.0552. The molecule has 150 valence electrons. The van der Waals surface area contributed by atoms with Crippen LogP contribution in [-0.4, -0.2) is 23.7 Å². The van der Waals surface area contributed by atoms with Gasteiger partial charge in [-0.15, -0.1) is 0 Å². The normalized spacial score (nSPS) is 30.0. The van der Waals surface area contributed by atoms with Crippen molar-refractivity contribution in [2.75, 3.05) is 7.05 Å². The predicted octanol–water partition coefficient (Wildman–Crippen LogP) is 5.63. The first-order valence-electron chi connectivity index (χ1n) is 10.8. The van der Waals surface area contributed by atoms with Crippen LogP contribution in [0.15, 0.2) is 24.3 Å². The average molecular weight is 380 g/mol. The van der Waals surface area contributed by atoms with Crippen LogP contribution in [0.4, 0.5) is 0 Å². The molecule has 1 N–H and O–H groups in total. The quantitative estimate of drug-likeness (QED) is 0.723. The maximum atomic E-state index is 12.6. The van der Waals surface area contributed by atoms with Gasteiger partial charge in [0.2, 0.25) is 5.91 Å². The highest BCUT2D eigenvalue weighted by atomic mass is 16.2. The van der Waals surface area contributed by atoms with Crippen LogP contribution in [0.3, 0.4) is 0 Å². The summed E-state index contributed by atoms with van der Waals surface area (Å²) in [4.78, 5) is 14.2. The minimum absolute atomic E-state index is 0.0552. The van der Waals surface area contributed by atoms with Gasteiger partial charge in [0.15, 0.2) is 0 Å². The molecule has 1 aromatic carbocycles. The van der Waals surface area contributed by atoms with Crippen molar-refractivity contribution >= 4 is 11.7 Å². The number of hydrogen-bond donors (Lipinski definition) is 1. The maximum Gasteiger partial charge on any atom is 0.228 e. The summed E-state index contributed by atoms with van der Waals surface area (Å²) in [5, 5.41) is 17.2. The van der Waals surface area contributed by atoms with Crippen molar-refractivity contribution in [3.63, 3.8) is 0 Å². The van der Waals surface area contributed by atoms with E-state index in [0.717, 1.165) is 18.4 Å². The molecule has 0 spiro atoms. The van der Waals surface area contributed by atoms with Gasteiger partial charge in [-0.1, -0.05) is 31.9 Å². The van der Waals surface area contributed by atoms with E-state index in [-0.39, 0.29) is 11.3 Å². The third-order valence-corrected chi connectivity index (χ3v) is 7.18. The molecular formula is C24H33N3O. The van der Waals surface area contributed by atoms with Crippen molar-refractivity contribution in [3.05, 3.63) is 35.4 Å². The highest BCUT2D eigenvalue weighted by molar-refractivity contribution is 5.96. The standard InChI is InChI=1S/C24H33N3O/c1-24(14-6-13-22(26)27(2)23(28)16-24)21-11-4-8-19(9-5-12-21)20-10-3-7-18(15-20)17-25/h3,7,10,15,19,21,26H,4-6,8-9,11-14,16H2,1-2H3/t19?,21?,24-/m0/s1. The molecule has 1 atom stereocenters. The number of carbonyl (C=O) groups excluding carboxylic acids is 1. The van der Waals surface area contributed by atoms with Gasteiger partial charge in [0.1, 0.15) is 5.84 Å². The molecule has 1 saturated carbocycles. The summed E-state index contributed by atoms with van der Waals surface area (Å²) in [6.07, 6.45) is 10.4. The zero-order valence-corrected chi connectivity index (χ0v) is 17.3. The van der Waals surface area contributed by atoms with E-state index in [1.807, 2.05) is 12.1 Å². The lowest BCUT2D eigenvalue weighted by Gasteiger charge is -2.41. The van der Waals surface area contributed by atoms with Gasteiger partial charge in [-0.25, -0.2) is 0 Å². The molecule has 28 heavy (non-hydrogen) atoms. The third-order valence-electron chi connectivity index (χ3n) is 7.18. The number of rotatable bonds is 2. The monoisotopic (exact) mass is 379 g/mol. The predicted molar refractivity (Wildman–Crippen MR) is 112 cm³/mol. The fraction of sp³-hybridized carbons (Fsp3) is 0.625. The lowest BCUT2D eigenvalue weighted by molar-refractivity contribution is -0.130. The molecule has 3 rings (SSSR count). The number of carbonyl (C=O) groups is 1. The minimum Gasteiger partial charge on any atom is -0.304 e. The van der Waals surface area contributed by atoms with Crippen molar-refractivity contribution in [1.29, 1.82) is 10.7 Å². The van der Waals surface area contributed by atoms with Crippen molar-refractivity contribution in [2.24, 2.45) is 11.3 Å². The van der Waals surface area contributed by atoms with Crippen LogP contribution >= 0.6 is 0 Å². The van der Waals surface area contributed by atoms with E-state index in [1.165, 1.54) is 44.1 Å². The molecule has 4 heteroatoms. The number of hydrogen-bond acceptors (Lipinski definition) is 3. The summed E-state index contributed by atoms with van der Waals surface area (Å²) in [6.45, 7) is 2.31. The number of nitrogens with zero attached hydrogens (tertiary/aromatic N) is 2. The Hall–Kier alpha value is -2.15. The second-order valence-electron chi connectivity index (χ2n) is 9.08. The Morgan fingerprint density at radius 2 is 1.89 bits per heavy atom. The molecule has 4 nitrogen and oxygen atoms in total. The molecule has 2 aliphatic rings. The van der Waals surface area contributed by atoms with Crippen molar-refractivity contribution in [1.82, 2.24) is 4.90 Å². The zero-order valence-electron chi connectivity index (χ0n) is 17.3. The molecule has 1 saturated heterocycles. The van der Waals surface area contributed by atoms with Gasteiger partial charge in [0, 0.05) is 19.9 Å². The van der Waals surface area contributed by atoms with E-state index >= 15 is 0 Å². The number of amidine groups is 1. The molecule has 1 heterocycles. The number of benzene rings is 1. The summed E-state index contributed by atoms with van der Waals surface area (Å²) in [5.74, 6) is 1.71. The maximum absolute atomic E-state index is 12.6. The Labute approximate surface area is 169 Å². The molecule has 1 aliphatic carbocycles. The largest absolute Gasteiger partial charge is 0.304 e. The van der Waals surface area contributed by atoms with Crippen molar-refractivity contribution in [2.45, 2.75) is 77.0 Å². The number of likely N-dealkylation sites (tertiary alicyclic amines) is 1. The zero-order chi connectivity index (χ0) is 20.1. The number of nitrogens with one attached hydrogen (secondary N) is 1. The topological polar surface area (TPSA) is 68.0 Å². The Morgan fingerprint density at radius 3 is 2.57 bits per heavy atom. The molecule has 1 aromatic rings. The van der Waals surface area contributed by atoms with E-state index in [9.17, 15) is 10.1 Å². The van der Waals surface area contributed by atoms with Crippen LogP contribution in [0.1, 0.15) is 88.2 Å². The van der Waals surface area contributed by atoms with Gasteiger partial charge >= 0.3 is 0 Å². The first-order valence-corrected chi connectivity index (χ1v) is 10.8. The lowest BCUT2D eigenvalue weighted by atomic mass is 9.65. The first kappa shape index (κ1) is 20.6. The second kappa shape index (κ2) is 8.90. The fourth-order valence-electron chi connectivity index (χ4n) is 5.28. The Balaban J connectivity index is 1.66. The van der Waals surface area contributed by atoms with E-state index < -0.39 is 0 Å². The molecule has 0 bridgehead atoms. The fourth-order valence-corrected chi connectivity index (χ4v) is 5.28. The van der Waals surface area contributed by atoms with Crippen LogP contribution in [0, 0.1) is 28.1 Å². The van der Waals surface area contributed by atoms with Gasteiger partial charge in [-0.2, -0.15) is 5.26 Å². The number of amides is 1. The van der Waals surface area contributed by atoms with Crippen LogP contribution in [-0.2, 0) is 4.79 Å². The molecule has 2 fully saturated rings. The van der Waals surface area contributed by atoms with Crippen LogP contribution < -0.4 is 0 Å². The van der Waals surface area contributed by atoms with Crippen molar-refractivity contribution < 1.29 is 4.79 Å². The summed E-state index contributed by atoms with van der Waals surface area (Å²) in [7, 11) is 1.76. The smallest absolute Gasteiger partial charge is 0.228 e. The third kappa shape index (κ3) is 4.63. The van der Waals surface area contributed by atoms with E-state index in [4.69, 9.17) is 5.41 Å². The summed E-state index contributed by atoms with van der Waals surface area (Å²) >= 11 is 0. The molecule has 0 aromatic heterocycles. The van der Waals surface area contributed by atoms with Gasteiger partial charge in [0.25, 0.3) is 0 Å².